The van der Waals surface area contributed by atoms with Gasteiger partial charge < -0.3 is 9.47 Å². The maximum Gasteiger partial charge on any atom is 0.231 e. The summed E-state index contributed by atoms with van der Waals surface area (Å²) in [7, 11) is 0. The summed E-state index contributed by atoms with van der Waals surface area (Å²) in [6.07, 6.45) is 1.81. The van der Waals surface area contributed by atoms with Crippen LogP contribution in [-0.2, 0) is 12.0 Å². The molecule has 0 atom stereocenters. The summed E-state index contributed by atoms with van der Waals surface area (Å²) < 4.78 is 12.1. The number of Topliss-reactive ketones (excluding diaryl/α,β-unsaturated/α-hetero) is 1. The van der Waals surface area contributed by atoms with Crippen molar-refractivity contribution in [3.8, 4) is 11.5 Å². The van der Waals surface area contributed by atoms with Crippen molar-refractivity contribution < 1.29 is 14.3 Å². The molecule has 0 bridgehead atoms. The minimum absolute atomic E-state index is 0.0907. The van der Waals surface area contributed by atoms with E-state index in [1.54, 1.807) is 6.07 Å². The predicted molar refractivity (Wildman–Crippen MR) is 125 cm³/mol. The molecule has 0 amide bonds. The van der Waals surface area contributed by atoms with E-state index in [2.05, 4.69) is 52.0 Å². The average molecular weight is 413 g/mol. The van der Waals surface area contributed by atoms with E-state index in [0.717, 1.165) is 22.4 Å². The Bertz CT molecular complexity index is 1160. The predicted octanol–water partition coefficient (Wildman–Crippen LogP) is 6.80. The number of ketones is 1. The van der Waals surface area contributed by atoms with Crippen LogP contribution < -0.4 is 9.47 Å². The highest BCUT2D eigenvalue weighted by Crippen LogP contribution is 2.39. The molecule has 4 rings (SSSR count). The summed E-state index contributed by atoms with van der Waals surface area (Å²) in [6, 6.07) is 20.1. The molecule has 0 unspecified atom stereocenters. The van der Waals surface area contributed by atoms with Gasteiger partial charge in [-0.3, -0.25) is 4.79 Å². The van der Waals surface area contributed by atoms with E-state index in [9.17, 15) is 4.79 Å². The minimum Gasteiger partial charge on any atom is -0.488 e. The van der Waals surface area contributed by atoms with E-state index < -0.39 is 0 Å². The van der Waals surface area contributed by atoms with Gasteiger partial charge in [-0.15, -0.1) is 0 Å². The van der Waals surface area contributed by atoms with Gasteiger partial charge in [-0.25, -0.2) is 0 Å². The molecule has 0 spiro atoms. The molecule has 3 nitrogen and oxygen atoms in total. The van der Waals surface area contributed by atoms with Gasteiger partial charge in [0.25, 0.3) is 0 Å². The summed E-state index contributed by atoms with van der Waals surface area (Å²) in [5.74, 6) is 1.57. The van der Waals surface area contributed by atoms with Crippen LogP contribution in [-0.4, -0.2) is 5.78 Å². The largest absolute Gasteiger partial charge is 0.488 e. The van der Waals surface area contributed by atoms with Crippen LogP contribution in [0.15, 0.2) is 66.4 Å². The number of ether oxygens (including phenoxy) is 2. The van der Waals surface area contributed by atoms with Crippen molar-refractivity contribution in [2.45, 2.75) is 46.6 Å². The molecule has 0 N–H and O–H groups in total. The van der Waals surface area contributed by atoms with Crippen LogP contribution in [0.3, 0.4) is 0 Å². The lowest BCUT2D eigenvalue weighted by atomic mass is 9.86. The number of hydrogen-bond acceptors (Lipinski definition) is 3. The maximum absolute atomic E-state index is 12.9. The quantitative estimate of drug-likeness (QED) is 0.442. The van der Waals surface area contributed by atoms with Crippen LogP contribution in [0.25, 0.3) is 6.08 Å². The Balaban J connectivity index is 1.55. The molecule has 0 fully saturated rings. The van der Waals surface area contributed by atoms with Crippen LogP contribution in [0, 0.1) is 13.8 Å². The summed E-state index contributed by atoms with van der Waals surface area (Å²) >= 11 is 0. The summed E-state index contributed by atoms with van der Waals surface area (Å²) in [5, 5.41) is 0. The second-order valence-corrected chi connectivity index (χ2v) is 9.09. The van der Waals surface area contributed by atoms with Gasteiger partial charge in [0.2, 0.25) is 5.78 Å². The number of carbonyl (C=O) groups is 1. The van der Waals surface area contributed by atoms with Crippen LogP contribution in [0.1, 0.15) is 58.9 Å². The standard InChI is InChI=1S/C28H28O3/c1-18-8-6-7-9-21(18)17-30-24-15-14-23-26(29)25(31-27(23)19(24)2)16-20-10-12-22(13-11-20)28(3,4)5/h6-16H,17H2,1-5H3/b25-16-. The first-order chi connectivity index (χ1) is 14.7. The van der Waals surface area contributed by atoms with Gasteiger partial charge in [-0.05, 0) is 59.7 Å². The van der Waals surface area contributed by atoms with Crippen molar-refractivity contribution in [3.05, 3.63) is 99.8 Å². The number of aryl methyl sites for hydroxylation is 1. The van der Waals surface area contributed by atoms with Gasteiger partial charge in [-0.2, -0.15) is 0 Å². The zero-order chi connectivity index (χ0) is 22.2. The van der Waals surface area contributed by atoms with E-state index in [0.29, 0.717) is 23.7 Å². The van der Waals surface area contributed by atoms with Crippen molar-refractivity contribution in [2.75, 3.05) is 0 Å². The first kappa shape index (κ1) is 20.9. The molecule has 3 aromatic rings. The third kappa shape index (κ3) is 4.27. The van der Waals surface area contributed by atoms with E-state index >= 15 is 0 Å². The maximum atomic E-state index is 12.9. The molecule has 31 heavy (non-hydrogen) atoms. The van der Waals surface area contributed by atoms with Crippen molar-refractivity contribution >= 4 is 11.9 Å². The van der Waals surface area contributed by atoms with Gasteiger partial charge in [0.15, 0.2) is 5.76 Å². The fourth-order valence-corrected chi connectivity index (χ4v) is 3.68. The Kier molecular flexibility index (Phi) is 5.45. The average Bonchev–Trinajstić information content (AvgIpc) is 3.05. The van der Waals surface area contributed by atoms with Crippen LogP contribution >= 0.6 is 0 Å². The highest BCUT2D eigenvalue weighted by Gasteiger charge is 2.30. The summed E-state index contributed by atoms with van der Waals surface area (Å²) in [5.41, 5.74) is 6.03. The first-order valence-corrected chi connectivity index (χ1v) is 10.6. The van der Waals surface area contributed by atoms with Gasteiger partial charge in [0, 0.05) is 5.56 Å². The molecule has 0 radical (unpaired) electrons. The smallest absolute Gasteiger partial charge is 0.231 e. The second kappa shape index (κ2) is 8.07. The summed E-state index contributed by atoms with van der Waals surface area (Å²) in [4.78, 5) is 12.9. The fraction of sp³-hybridized carbons (Fsp3) is 0.250. The van der Waals surface area contributed by atoms with Crippen molar-refractivity contribution in [1.29, 1.82) is 0 Å². The Morgan fingerprint density at radius 1 is 0.935 bits per heavy atom. The lowest BCUT2D eigenvalue weighted by molar-refractivity contribution is 0.101. The number of allylic oxidation sites excluding steroid dienone is 1. The zero-order valence-corrected chi connectivity index (χ0v) is 18.8. The lowest BCUT2D eigenvalue weighted by Gasteiger charge is -2.18. The van der Waals surface area contributed by atoms with E-state index in [-0.39, 0.29) is 11.2 Å². The number of rotatable bonds is 4. The summed E-state index contributed by atoms with van der Waals surface area (Å²) in [6.45, 7) is 11.0. The molecular formula is C28H28O3. The van der Waals surface area contributed by atoms with Crippen LogP contribution in [0.4, 0.5) is 0 Å². The molecule has 3 heteroatoms. The molecule has 0 aromatic heterocycles. The number of carbonyl (C=O) groups excluding carboxylic acids is 1. The number of benzene rings is 3. The van der Waals surface area contributed by atoms with Crippen molar-refractivity contribution in [1.82, 2.24) is 0 Å². The normalized spacial score (nSPS) is 14.5. The molecule has 3 aromatic carbocycles. The first-order valence-electron chi connectivity index (χ1n) is 10.6. The number of fused-ring (bicyclic) bond motifs is 1. The van der Waals surface area contributed by atoms with E-state index in [1.165, 1.54) is 11.1 Å². The third-order valence-corrected chi connectivity index (χ3v) is 5.76. The van der Waals surface area contributed by atoms with Crippen LogP contribution in [0.5, 0.6) is 11.5 Å². The van der Waals surface area contributed by atoms with Crippen molar-refractivity contribution in [2.24, 2.45) is 0 Å². The second-order valence-electron chi connectivity index (χ2n) is 9.09. The topological polar surface area (TPSA) is 35.5 Å². The van der Waals surface area contributed by atoms with Gasteiger partial charge in [0.1, 0.15) is 18.1 Å². The van der Waals surface area contributed by atoms with Crippen molar-refractivity contribution in [3.63, 3.8) is 0 Å². The molecule has 1 aliphatic rings. The molecule has 0 saturated carbocycles. The Morgan fingerprint density at radius 2 is 1.65 bits per heavy atom. The Morgan fingerprint density at radius 3 is 2.32 bits per heavy atom. The molecular weight excluding hydrogens is 384 g/mol. The molecule has 0 saturated heterocycles. The molecule has 158 valence electrons. The monoisotopic (exact) mass is 412 g/mol. The molecule has 1 heterocycles. The molecule has 1 aliphatic heterocycles. The Hall–Kier alpha value is -3.33. The minimum atomic E-state index is -0.0940. The Labute approximate surface area is 184 Å². The van der Waals surface area contributed by atoms with Crippen LogP contribution in [0.2, 0.25) is 0 Å². The highest BCUT2D eigenvalue weighted by atomic mass is 16.5. The fourth-order valence-electron chi connectivity index (χ4n) is 3.68. The molecule has 0 aliphatic carbocycles. The third-order valence-electron chi connectivity index (χ3n) is 5.76. The van der Waals surface area contributed by atoms with E-state index in [4.69, 9.17) is 9.47 Å². The number of hydrogen-bond donors (Lipinski definition) is 0. The van der Waals surface area contributed by atoms with Gasteiger partial charge in [-0.1, -0.05) is 69.3 Å². The van der Waals surface area contributed by atoms with E-state index in [1.807, 2.05) is 43.3 Å². The van der Waals surface area contributed by atoms with Gasteiger partial charge in [0.05, 0.1) is 5.56 Å². The lowest BCUT2D eigenvalue weighted by Crippen LogP contribution is -2.10. The van der Waals surface area contributed by atoms with Gasteiger partial charge >= 0.3 is 0 Å². The zero-order valence-electron chi connectivity index (χ0n) is 18.8. The SMILES string of the molecule is Cc1ccccc1COc1ccc2c(c1C)O/C(=C\c1ccc(C(C)(C)C)cc1)C2=O. The highest BCUT2D eigenvalue weighted by molar-refractivity contribution is 6.14.